The summed E-state index contributed by atoms with van der Waals surface area (Å²) in [5.74, 6) is 0.538. The number of hydrogen-bond donors (Lipinski definition) is 1. The Morgan fingerprint density at radius 2 is 1.70 bits per heavy atom. The van der Waals surface area contributed by atoms with Gasteiger partial charge in [0, 0.05) is 5.02 Å². The topological polar surface area (TPSA) is 68.5 Å². The SMILES string of the molecule is C[C@@H](Nc1nnc(Cl)c2c1nnn2Cc1ccccc1Cl)c1ccccc1. The van der Waals surface area contributed by atoms with E-state index in [9.17, 15) is 0 Å². The molecule has 1 N–H and O–H groups in total. The summed E-state index contributed by atoms with van der Waals surface area (Å²) in [5.41, 5.74) is 3.25. The van der Waals surface area contributed by atoms with Crippen LogP contribution in [0.25, 0.3) is 11.0 Å². The number of nitrogens with zero attached hydrogens (tertiary/aromatic N) is 5. The number of hydrogen-bond acceptors (Lipinski definition) is 5. The Kier molecular flexibility index (Phi) is 4.92. The van der Waals surface area contributed by atoms with E-state index in [4.69, 9.17) is 23.2 Å². The van der Waals surface area contributed by atoms with Crippen LogP contribution in [0.3, 0.4) is 0 Å². The van der Waals surface area contributed by atoms with E-state index in [2.05, 4.69) is 25.8 Å². The predicted octanol–water partition coefficient (Wildman–Crippen LogP) is 4.75. The van der Waals surface area contributed by atoms with Crippen molar-refractivity contribution in [3.05, 3.63) is 75.9 Å². The summed E-state index contributed by atoms with van der Waals surface area (Å²) >= 11 is 12.6. The standard InChI is InChI=1S/C19H16Cl2N6/c1-12(13-7-3-2-4-8-13)22-19-16-17(18(21)24-25-19)27(26-23-16)11-14-9-5-6-10-15(14)20/h2-10,12H,11H2,1H3,(H,22,25)/t12-/m1/s1. The molecule has 0 saturated carbocycles. The maximum atomic E-state index is 6.30. The van der Waals surface area contributed by atoms with Crippen molar-refractivity contribution in [3.8, 4) is 0 Å². The highest BCUT2D eigenvalue weighted by molar-refractivity contribution is 6.34. The maximum Gasteiger partial charge on any atom is 0.179 e. The first-order valence-corrected chi connectivity index (χ1v) is 9.19. The van der Waals surface area contributed by atoms with E-state index in [0.717, 1.165) is 11.1 Å². The zero-order valence-electron chi connectivity index (χ0n) is 14.5. The van der Waals surface area contributed by atoms with Crippen LogP contribution in [0.5, 0.6) is 0 Å². The molecule has 0 aliphatic carbocycles. The largest absolute Gasteiger partial charge is 0.360 e. The van der Waals surface area contributed by atoms with Crippen molar-refractivity contribution in [1.82, 2.24) is 25.2 Å². The molecule has 0 saturated heterocycles. The number of fused-ring (bicyclic) bond motifs is 1. The number of benzene rings is 2. The number of nitrogens with one attached hydrogen (secondary N) is 1. The van der Waals surface area contributed by atoms with Crippen molar-refractivity contribution in [2.45, 2.75) is 19.5 Å². The predicted molar refractivity (Wildman–Crippen MR) is 107 cm³/mol. The molecule has 8 heteroatoms. The van der Waals surface area contributed by atoms with Gasteiger partial charge in [0.2, 0.25) is 0 Å². The number of anilines is 1. The first kappa shape index (κ1) is 17.7. The highest BCUT2D eigenvalue weighted by Gasteiger charge is 2.18. The van der Waals surface area contributed by atoms with Gasteiger partial charge in [0.25, 0.3) is 0 Å². The Morgan fingerprint density at radius 1 is 0.963 bits per heavy atom. The van der Waals surface area contributed by atoms with E-state index in [-0.39, 0.29) is 11.2 Å². The number of aromatic nitrogens is 5. The fraction of sp³-hybridized carbons (Fsp3) is 0.158. The van der Waals surface area contributed by atoms with Crippen LogP contribution in [0.15, 0.2) is 54.6 Å². The lowest BCUT2D eigenvalue weighted by Gasteiger charge is -2.14. The van der Waals surface area contributed by atoms with E-state index in [1.54, 1.807) is 4.68 Å². The molecule has 0 bridgehead atoms. The fourth-order valence-electron chi connectivity index (χ4n) is 2.89. The molecule has 2 heterocycles. The normalized spacial score (nSPS) is 12.3. The van der Waals surface area contributed by atoms with Gasteiger partial charge < -0.3 is 5.32 Å². The van der Waals surface area contributed by atoms with Gasteiger partial charge in [0.15, 0.2) is 16.5 Å². The van der Waals surface area contributed by atoms with Gasteiger partial charge in [-0.05, 0) is 24.1 Å². The fourth-order valence-corrected chi connectivity index (χ4v) is 3.31. The molecule has 136 valence electrons. The smallest absolute Gasteiger partial charge is 0.179 e. The summed E-state index contributed by atoms with van der Waals surface area (Å²) in [6.07, 6.45) is 0. The molecule has 2 aromatic carbocycles. The molecule has 0 aliphatic rings. The van der Waals surface area contributed by atoms with Crippen LogP contribution in [0.1, 0.15) is 24.1 Å². The van der Waals surface area contributed by atoms with Crippen LogP contribution in [0.4, 0.5) is 5.82 Å². The Labute approximate surface area is 166 Å². The summed E-state index contributed by atoms with van der Waals surface area (Å²) in [7, 11) is 0. The van der Waals surface area contributed by atoms with Crippen LogP contribution in [-0.2, 0) is 6.54 Å². The minimum atomic E-state index is 0.0265. The van der Waals surface area contributed by atoms with Crippen LogP contribution in [-0.4, -0.2) is 25.2 Å². The van der Waals surface area contributed by atoms with Gasteiger partial charge in [-0.25, -0.2) is 4.68 Å². The van der Waals surface area contributed by atoms with Gasteiger partial charge in [-0.3, -0.25) is 0 Å². The molecule has 6 nitrogen and oxygen atoms in total. The number of rotatable bonds is 5. The van der Waals surface area contributed by atoms with Crippen LogP contribution in [0.2, 0.25) is 10.2 Å². The van der Waals surface area contributed by atoms with E-state index < -0.39 is 0 Å². The second-order valence-corrected chi connectivity index (χ2v) is 6.92. The van der Waals surface area contributed by atoms with Crippen molar-refractivity contribution >= 4 is 40.1 Å². The summed E-state index contributed by atoms with van der Waals surface area (Å²) in [4.78, 5) is 0. The van der Waals surface area contributed by atoms with Crippen molar-refractivity contribution < 1.29 is 0 Å². The quantitative estimate of drug-likeness (QED) is 0.525. The lowest BCUT2D eigenvalue weighted by Crippen LogP contribution is -2.09. The van der Waals surface area contributed by atoms with E-state index in [1.165, 1.54) is 0 Å². The lowest BCUT2D eigenvalue weighted by molar-refractivity contribution is 0.669. The van der Waals surface area contributed by atoms with Crippen LogP contribution in [0, 0.1) is 0 Å². The Morgan fingerprint density at radius 3 is 2.48 bits per heavy atom. The summed E-state index contributed by atoms with van der Waals surface area (Å²) in [6.45, 7) is 2.49. The van der Waals surface area contributed by atoms with Crippen LogP contribution < -0.4 is 5.32 Å². The van der Waals surface area contributed by atoms with Gasteiger partial charge in [-0.1, -0.05) is 76.9 Å². The van der Waals surface area contributed by atoms with Crippen molar-refractivity contribution in [3.63, 3.8) is 0 Å². The van der Waals surface area contributed by atoms with Gasteiger partial charge in [0.1, 0.15) is 5.52 Å². The van der Waals surface area contributed by atoms with Crippen molar-refractivity contribution in [1.29, 1.82) is 0 Å². The zero-order chi connectivity index (χ0) is 18.8. The molecule has 2 aromatic heterocycles. The van der Waals surface area contributed by atoms with Crippen LogP contribution >= 0.6 is 23.2 Å². The Balaban J connectivity index is 1.69. The highest BCUT2D eigenvalue weighted by atomic mass is 35.5. The minimum Gasteiger partial charge on any atom is -0.360 e. The average molecular weight is 399 g/mol. The maximum absolute atomic E-state index is 6.30. The van der Waals surface area contributed by atoms with E-state index in [1.807, 2.05) is 61.5 Å². The summed E-state index contributed by atoms with van der Waals surface area (Å²) in [6, 6.07) is 17.7. The molecular formula is C19H16Cl2N6. The molecule has 0 amide bonds. The average Bonchev–Trinajstić information content (AvgIpc) is 3.11. The molecule has 0 aliphatic heterocycles. The second kappa shape index (κ2) is 7.50. The molecule has 0 fully saturated rings. The van der Waals surface area contributed by atoms with Gasteiger partial charge in [-0.15, -0.1) is 15.3 Å². The second-order valence-electron chi connectivity index (χ2n) is 6.15. The molecular weight excluding hydrogens is 383 g/mol. The van der Waals surface area contributed by atoms with E-state index >= 15 is 0 Å². The van der Waals surface area contributed by atoms with Crippen molar-refractivity contribution in [2.24, 2.45) is 0 Å². The molecule has 0 spiro atoms. The first-order valence-electron chi connectivity index (χ1n) is 8.43. The molecule has 27 heavy (non-hydrogen) atoms. The zero-order valence-corrected chi connectivity index (χ0v) is 16.0. The first-order chi connectivity index (χ1) is 13.1. The third kappa shape index (κ3) is 3.59. The molecule has 4 rings (SSSR count). The van der Waals surface area contributed by atoms with Gasteiger partial charge >= 0.3 is 0 Å². The number of halogens is 2. The molecule has 0 radical (unpaired) electrons. The summed E-state index contributed by atoms with van der Waals surface area (Å²) < 4.78 is 1.69. The minimum absolute atomic E-state index is 0.0265. The van der Waals surface area contributed by atoms with Gasteiger partial charge in [-0.2, -0.15) is 0 Å². The Bertz CT molecular complexity index is 1080. The third-order valence-corrected chi connectivity index (χ3v) is 4.95. The third-order valence-electron chi connectivity index (χ3n) is 4.32. The highest BCUT2D eigenvalue weighted by Crippen LogP contribution is 2.28. The molecule has 0 unspecified atom stereocenters. The van der Waals surface area contributed by atoms with Gasteiger partial charge in [0.05, 0.1) is 12.6 Å². The Hall–Kier alpha value is -2.70. The van der Waals surface area contributed by atoms with Crippen molar-refractivity contribution in [2.75, 3.05) is 5.32 Å². The summed E-state index contributed by atoms with van der Waals surface area (Å²) in [5, 5.41) is 21.0. The molecule has 1 atom stereocenters. The molecule has 4 aromatic rings. The monoisotopic (exact) mass is 398 g/mol. The van der Waals surface area contributed by atoms with E-state index in [0.29, 0.717) is 28.4 Å². The lowest BCUT2D eigenvalue weighted by atomic mass is 10.1.